The van der Waals surface area contributed by atoms with Gasteiger partial charge in [0.25, 0.3) is 0 Å². The zero-order valence-corrected chi connectivity index (χ0v) is 13.5. The quantitative estimate of drug-likeness (QED) is 0.898. The van der Waals surface area contributed by atoms with Gasteiger partial charge in [0, 0.05) is 12.3 Å². The summed E-state index contributed by atoms with van der Waals surface area (Å²) in [4.78, 5) is 14.3. The molecule has 0 radical (unpaired) electrons. The number of hydrogen-bond donors (Lipinski definition) is 1. The largest absolute Gasteiger partial charge is 0.454 e. The summed E-state index contributed by atoms with van der Waals surface area (Å²) in [6.07, 6.45) is 0. The molecule has 24 heavy (non-hydrogen) atoms. The summed E-state index contributed by atoms with van der Waals surface area (Å²) in [6.45, 7) is 0.818. The number of fused-ring (bicyclic) bond motifs is 1. The van der Waals surface area contributed by atoms with Crippen molar-refractivity contribution in [3.8, 4) is 11.5 Å². The third kappa shape index (κ3) is 2.75. The molecule has 0 aliphatic carbocycles. The van der Waals surface area contributed by atoms with Gasteiger partial charge in [0.15, 0.2) is 11.5 Å². The molecule has 0 unspecified atom stereocenters. The highest BCUT2D eigenvalue weighted by molar-refractivity contribution is 7.99. The number of rotatable bonds is 2. The molecule has 2 aliphatic rings. The molecule has 0 saturated carbocycles. The zero-order chi connectivity index (χ0) is 16.5. The van der Waals surface area contributed by atoms with Crippen LogP contribution in [0.5, 0.6) is 11.5 Å². The molecular weight excluding hydrogens is 331 g/mol. The van der Waals surface area contributed by atoms with Gasteiger partial charge >= 0.3 is 6.03 Å². The number of thioether (sulfide) groups is 1. The first-order chi connectivity index (χ1) is 11.7. The number of urea groups is 1. The number of hydrogen-bond acceptors (Lipinski definition) is 4. The smallest absolute Gasteiger partial charge is 0.323 e. The second kappa shape index (κ2) is 6.24. The number of para-hydroxylation sites is 1. The minimum absolute atomic E-state index is 0.133. The lowest BCUT2D eigenvalue weighted by molar-refractivity contribution is 0.174. The first-order valence-electron chi connectivity index (χ1n) is 7.56. The van der Waals surface area contributed by atoms with Crippen LogP contribution in [0, 0.1) is 5.82 Å². The van der Waals surface area contributed by atoms with Crippen molar-refractivity contribution in [2.24, 2.45) is 0 Å². The number of carbonyl (C=O) groups is 1. The highest BCUT2D eigenvalue weighted by Gasteiger charge is 2.32. The first kappa shape index (κ1) is 15.1. The summed E-state index contributed by atoms with van der Waals surface area (Å²) in [5, 5.41) is 2.51. The van der Waals surface area contributed by atoms with Crippen molar-refractivity contribution in [2.75, 3.05) is 24.4 Å². The normalized spacial score (nSPS) is 18.7. The Bertz CT molecular complexity index is 786. The van der Waals surface area contributed by atoms with Crippen LogP contribution in [0.1, 0.15) is 10.9 Å². The van der Waals surface area contributed by atoms with E-state index in [2.05, 4.69) is 5.32 Å². The van der Waals surface area contributed by atoms with E-state index in [9.17, 15) is 9.18 Å². The molecule has 2 aromatic rings. The van der Waals surface area contributed by atoms with Gasteiger partial charge in [0.05, 0.1) is 5.69 Å². The summed E-state index contributed by atoms with van der Waals surface area (Å²) >= 11 is 1.67. The first-order valence-corrected chi connectivity index (χ1v) is 8.60. The van der Waals surface area contributed by atoms with E-state index >= 15 is 0 Å². The molecule has 2 heterocycles. The van der Waals surface area contributed by atoms with Crippen molar-refractivity contribution in [3.05, 3.63) is 53.8 Å². The second-order valence-corrected chi connectivity index (χ2v) is 6.63. The molecule has 1 N–H and O–H groups in total. The Morgan fingerprint density at radius 3 is 2.92 bits per heavy atom. The highest BCUT2D eigenvalue weighted by Crippen LogP contribution is 2.42. The maximum Gasteiger partial charge on any atom is 0.323 e. The van der Waals surface area contributed by atoms with Crippen molar-refractivity contribution in [3.63, 3.8) is 0 Å². The summed E-state index contributed by atoms with van der Waals surface area (Å²) in [5.74, 6) is 1.78. The highest BCUT2D eigenvalue weighted by atomic mass is 32.2. The number of ether oxygens (including phenoxy) is 2. The Morgan fingerprint density at radius 1 is 1.21 bits per heavy atom. The van der Waals surface area contributed by atoms with E-state index in [0.29, 0.717) is 18.0 Å². The number of amides is 2. The molecule has 2 aliphatic heterocycles. The predicted octanol–water partition coefficient (Wildman–Crippen LogP) is 3.83. The molecule has 2 aromatic carbocycles. The molecule has 124 valence electrons. The number of nitrogens with one attached hydrogen (secondary N) is 1. The van der Waals surface area contributed by atoms with Gasteiger partial charge in [-0.1, -0.05) is 18.2 Å². The van der Waals surface area contributed by atoms with Crippen molar-refractivity contribution in [1.82, 2.24) is 4.90 Å². The Hall–Kier alpha value is -2.41. The molecule has 0 spiro atoms. The number of carbonyl (C=O) groups excluding carboxylic acids is 1. The van der Waals surface area contributed by atoms with Gasteiger partial charge in [-0.05, 0) is 29.8 Å². The number of nitrogens with zero attached hydrogens (tertiary/aromatic N) is 1. The van der Waals surface area contributed by atoms with Crippen LogP contribution in [0.2, 0.25) is 0 Å². The van der Waals surface area contributed by atoms with Gasteiger partial charge in [-0.3, -0.25) is 0 Å². The van der Waals surface area contributed by atoms with Crippen LogP contribution in [0.3, 0.4) is 0 Å². The fourth-order valence-electron chi connectivity index (χ4n) is 2.77. The van der Waals surface area contributed by atoms with Gasteiger partial charge < -0.3 is 19.7 Å². The molecule has 4 rings (SSSR count). The van der Waals surface area contributed by atoms with E-state index in [-0.39, 0.29) is 23.9 Å². The van der Waals surface area contributed by atoms with Gasteiger partial charge in [-0.15, -0.1) is 11.8 Å². The molecule has 2 amide bonds. The van der Waals surface area contributed by atoms with E-state index in [4.69, 9.17) is 9.47 Å². The zero-order valence-electron chi connectivity index (χ0n) is 12.7. The van der Waals surface area contributed by atoms with Crippen molar-refractivity contribution in [1.29, 1.82) is 0 Å². The average molecular weight is 346 g/mol. The van der Waals surface area contributed by atoms with Crippen LogP contribution in [0.25, 0.3) is 0 Å². The average Bonchev–Trinajstić information content (AvgIpc) is 3.25. The molecule has 5 nitrogen and oxygen atoms in total. The third-order valence-electron chi connectivity index (χ3n) is 3.95. The topological polar surface area (TPSA) is 50.8 Å². The number of anilines is 1. The monoisotopic (exact) mass is 346 g/mol. The van der Waals surface area contributed by atoms with Crippen molar-refractivity contribution in [2.45, 2.75) is 5.37 Å². The van der Waals surface area contributed by atoms with E-state index in [0.717, 1.165) is 11.3 Å². The van der Waals surface area contributed by atoms with E-state index < -0.39 is 5.82 Å². The molecule has 0 aromatic heterocycles. The van der Waals surface area contributed by atoms with Crippen LogP contribution in [0.15, 0.2) is 42.5 Å². The Balaban J connectivity index is 1.54. The summed E-state index contributed by atoms with van der Waals surface area (Å²) in [5.41, 5.74) is 1.15. The molecule has 1 atom stereocenters. The lowest BCUT2D eigenvalue weighted by Crippen LogP contribution is -2.34. The molecule has 0 bridgehead atoms. The van der Waals surface area contributed by atoms with Crippen LogP contribution in [-0.4, -0.2) is 30.0 Å². The minimum atomic E-state index is -0.447. The lowest BCUT2D eigenvalue weighted by Gasteiger charge is -2.24. The van der Waals surface area contributed by atoms with Crippen molar-refractivity contribution < 1.29 is 18.7 Å². The molecular formula is C17H15FN2O3S. The SMILES string of the molecule is O=C(Nc1ccccc1F)N1CCS[C@@H]1c1ccc2c(c1)OCO2. The Morgan fingerprint density at radius 2 is 2.04 bits per heavy atom. The molecule has 1 saturated heterocycles. The second-order valence-electron chi connectivity index (χ2n) is 5.44. The maximum absolute atomic E-state index is 13.7. The van der Waals surface area contributed by atoms with E-state index in [1.54, 1.807) is 34.9 Å². The molecule has 7 heteroatoms. The summed E-state index contributed by atoms with van der Waals surface area (Å²) in [7, 11) is 0. The standard InChI is InChI=1S/C17H15FN2O3S/c18-12-3-1-2-4-13(12)19-17(21)20-7-8-24-16(20)11-5-6-14-15(9-11)23-10-22-14/h1-6,9,16H,7-8,10H2,(H,19,21)/t16-/m1/s1. The van der Waals surface area contributed by atoms with Crippen LogP contribution in [0.4, 0.5) is 14.9 Å². The van der Waals surface area contributed by atoms with E-state index in [1.807, 2.05) is 18.2 Å². The minimum Gasteiger partial charge on any atom is -0.454 e. The van der Waals surface area contributed by atoms with Crippen LogP contribution >= 0.6 is 11.8 Å². The predicted molar refractivity (Wildman–Crippen MR) is 89.9 cm³/mol. The van der Waals surface area contributed by atoms with E-state index in [1.165, 1.54) is 6.07 Å². The van der Waals surface area contributed by atoms with Crippen LogP contribution in [-0.2, 0) is 0 Å². The van der Waals surface area contributed by atoms with Crippen molar-refractivity contribution >= 4 is 23.5 Å². The number of benzene rings is 2. The fraction of sp³-hybridized carbons (Fsp3) is 0.235. The maximum atomic E-state index is 13.7. The number of halogens is 1. The van der Waals surface area contributed by atoms with Gasteiger partial charge in [0.2, 0.25) is 6.79 Å². The lowest BCUT2D eigenvalue weighted by atomic mass is 10.2. The van der Waals surface area contributed by atoms with Crippen LogP contribution < -0.4 is 14.8 Å². The molecule has 1 fully saturated rings. The summed E-state index contributed by atoms with van der Waals surface area (Å²) in [6, 6.07) is 11.5. The van der Waals surface area contributed by atoms with Gasteiger partial charge in [0.1, 0.15) is 11.2 Å². The Labute approximate surface area is 142 Å². The van der Waals surface area contributed by atoms with Gasteiger partial charge in [-0.2, -0.15) is 0 Å². The van der Waals surface area contributed by atoms with Gasteiger partial charge in [-0.25, -0.2) is 9.18 Å². The third-order valence-corrected chi connectivity index (χ3v) is 5.21. The summed E-state index contributed by atoms with van der Waals surface area (Å²) < 4.78 is 24.5. The fourth-order valence-corrected chi connectivity index (χ4v) is 4.02. The Kier molecular flexibility index (Phi) is 3.93.